The molecule has 0 radical (unpaired) electrons. The number of hydrogen-bond donors (Lipinski definition) is 1. The molecule has 4 rings (SSSR count). The van der Waals surface area contributed by atoms with Gasteiger partial charge in [-0.1, -0.05) is 0 Å². The molecule has 3 atom stereocenters. The number of benzene rings is 1. The Hall–Kier alpha value is -2.78. The minimum Gasteiger partial charge on any atom is -0.545 e. The van der Waals surface area contributed by atoms with E-state index in [-0.39, 0.29) is 5.91 Å². The number of fused-ring (bicyclic) bond motifs is 3. The Labute approximate surface area is 165 Å². The number of hydrogen-bond acceptors (Lipinski definition) is 8. The van der Waals surface area contributed by atoms with Crippen molar-refractivity contribution in [3.8, 4) is 0 Å². The summed E-state index contributed by atoms with van der Waals surface area (Å²) in [5.74, 6) is -2.27. The van der Waals surface area contributed by atoms with E-state index in [0.29, 0.717) is 18.2 Å². The molecule has 0 aliphatic carbocycles. The highest BCUT2D eigenvalue weighted by molar-refractivity contribution is 7.16. The molecule has 2 fully saturated rings. The van der Waals surface area contributed by atoms with E-state index in [2.05, 4.69) is 15.2 Å². The van der Waals surface area contributed by atoms with Gasteiger partial charge in [0.25, 0.3) is 5.91 Å². The number of thiazole rings is 1. The number of carbonyl (C=O) groups excluding carboxylic acids is 3. The fraction of sp³-hybridized carbons (Fsp3) is 0.368. The number of piperidine rings is 1. The molecule has 1 aromatic heterocycles. The molecule has 28 heavy (non-hydrogen) atoms. The predicted octanol–water partition coefficient (Wildman–Crippen LogP) is -0.837. The van der Waals surface area contributed by atoms with Crippen molar-refractivity contribution in [1.82, 2.24) is 15.2 Å². The second-order valence-electron chi connectivity index (χ2n) is 6.83. The second kappa shape index (κ2) is 8.94. The van der Waals surface area contributed by atoms with Gasteiger partial charge >= 0.3 is 0 Å². The molecule has 0 saturated carbocycles. The van der Waals surface area contributed by atoms with Crippen LogP contribution in [0.3, 0.4) is 0 Å². The maximum Gasteiger partial charge on any atom is 0.251 e. The number of rotatable bonds is 4. The predicted molar refractivity (Wildman–Crippen MR) is 99.2 cm³/mol. The standard InChI is InChI=1S/C15H17N3OS.C4H4O4/c19-15(11-1-2-13-14(6-11)20-9-16-13)17-12-5-10-3-4-18(7-10)8-12;5-3(6)1-2-4(7)8/h1-2,6,9-10,12H,3-5,7-8H2,(H,17,19);1-2H,(H,5,6)(H,7,8)/p-2/b;2-1+/t10-,12-;/m1./s1. The van der Waals surface area contributed by atoms with Gasteiger partial charge in [-0.2, -0.15) is 0 Å². The van der Waals surface area contributed by atoms with Crippen molar-refractivity contribution >= 4 is 39.4 Å². The maximum absolute atomic E-state index is 12.4. The van der Waals surface area contributed by atoms with Crippen LogP contribution in [0.1, 0.15) is 23.2 Å². The van der Waals surface area contributed by atoms with Gasteiger partial charge in [-0.05, 0) is 55.7 Å². The summed E-state index contributed by atoms with van der Waals surface area (Å²) in [5.41, 5.74) is 3.53. The first-order valence-electron chi connectivity index (χ1n) is 8.87. The molecule has 0 spiro atoms. The molecular formula is C19H19N3O5S-2. The van der Waals surface area contributed by atoms with Gasteiger partial charge < -0.3 is 30.0 Å². The van der Waals surface area contributed by atoms with Crippen LogP contribution in [0.15, 0.2) is 35.9 Å². The molecule has 1 aromatic carbocycles. The fourth-order valence-corrected chi connectivity index (χ4v) is 4.28. The fourth-order valence-electron chi connectivity index (χ4n) is 3.57. The highest BCUT2D eigenvalue weighted by atomic mass is 32.1. The van der Waals surface area contributed by atoms with Crippen LogP contribution < -0.4 is 15.5 Å². The Bertz CT molecular complexity index is 882. The molecule has 1 unspecified atom stereocenters. The van der Waals surface area contributed by atoms with Crippen LogP contribution in [0.5, 0.6) is 0 Å². The van der Waals surface area contributed by atoms with E-state index < -0.39 is 11.9 Å². The Balaban J connectivity index is 0.000000242. The first kappa shape index (κ1) is 20.0. The largest absolute Gasteiger partial charge is 0.545 e. The Morgan fingerprint density at radius 2 is 1.93 bits per heavy atom. The van der Waals surface area contributed by atoms with Crippen LogP contribution in [0.2, 0.25) is 0 Å². The number of carboxylic acids is 2. The molecule has 2 bridgehead atoms. The van der Waals surface area contributed by atoms with Crippen LogP contribution >= 0.6 is 11.3 Å². The number of aromatic nitrogens is 1. The second-order valence-corrected chi connectivity index (χ2v) is 7.71. The van der Waals surface area contributed by atoms with Crippen LogP contribution in [0.25, 0.3) is 10.2 Å². The van der Waals surface area contributed by atoms with Crippen LogP contribution in [0.4, 0.5) is 0 Å². The van der Waals surface area contributed by atoms with Crippen molar-refractivity contribution in [2.24, 2.45) is 5.92 Å². The number of nitrogens with zero attached hydrogens (tertiary/aromatic N) is 2. The van der Waals surface area contributed by atoms with Gasteiger partial charge in [-0.15, -0.1) is 11.3 Å². The van der Waals surface area contributed by atoms with Crippen molar-refractivity contribution in [2.45, 2.75) is 18.9 Å². The lowest BCUT2D eigenvalue weighted by Crippen LogP contribution is -2.47. The summed E-state index contributed by atoms with van der Waals surface area (Å²) in [6.45, 7) is 3.42. The molecule has 148 valence electrons. The molecule has 2 saturated heterocycles. The van der Waals surface area contributed by atoms with Crippen LogP contribution in [0, 0.1) is 5.92 Å². The molecule has 2 aliphatic rings. The molecule has 9 heteroatoms. The zero-order chi connectivity index (χ0) is 20.1. The summed E-state index contributed by atoms with van der Waals surface area (Å²) in [6.07, 6.45) is 3.19. The summed E-state index contributed by atoms with van der Waals surface area (Å²) in [4.78, 5) is 37.9. The molecule has 3 heterocycles. The SMILES string of the molecule is O=C(N[C@@H]1C[C@H]2CCN(C2)C1)c1ccc2ncsc2c1.O=C([O-])/C=C/C(=O)[O-]. The van der Waals surface area contributed by atoms with E-state index >= 15 is 0 Å². The summed E-state index contributed by atoms with van der Waals surface area (Å²) in [6, 6.07) is 6.05. The van der Waals surface area contributed by atoms with Crippen LogP contribution in [-0.2, 0) is 9.59 Å². The number of nitrogens with one attached hydrogen (secondary N) is 1. The highest BCUT2D eigenvalue weighted by Crippen LogP contribution is 2.27. The normalized spacial score (nSPS) is 23.2. The van der Waals surface area contributed by atoms with Crippen molar-refractivity contribution in [2.75, 3.05) is 19.6 Å². The summed E-state index contributed by atoms with van der Waals surface area (Å²) >= 11 is 1.58. The molecule has 2 aromatic rings. The van der Waals surface area contributed by atoms with Crippen molar-refractivity contribution in [3.63, 3.8) is 0 Å². The van der Waals surface area contributed by atoms with Gasteiger partial charge in [0, 0.05) is 24.7 Å². The summed E-state index contributed by atoms with van der Waals surface area (Å²) < 4.78 is 1.07. The van der Waals surface area contributed by atoms with Gasteiger partial charge in [0.05, 0.1) is 27.7 Å². The lowest BCUT2D eigenvalue weighted by molar-refractivity contribution is -0.301. The topological polar surface area (TPSA) is 125 Å². The minimum absolute atomic E-state index is 0.0489. The maximum atomic E-state index is 12.4. The van der Waals surface area contributed by atoms with Crippen molar-refractivity contribution in [1.29, 1.82) is 0 Å². The van der Waals surface area contributed by atoms with Gasteiger partial charge in [0.15, 0.2) is 0 Å². The summed E-state index contributed by atoms with van der Waals surface area (Å²) in [7, 11) is 0. The Morgan fingerprint density at radius 1 is 1.18 bits per heavy atom. The van der Waals surface area contributed by atoms with E-state index in [1.54, 1.807) is 11.3 Å². The Morgan fingerprint density at radius 3 is 2.61 bits per heavy atom. The molecule has 1 amide bonds. The lowest BCUT2D eigenvalue weighted by atomic mass is 9.96. The highest BCUT2D eigenvalue weighted by Gasteiger charge is 2.32. The average molecular weight is 401 g/mol. The first-order chi connectivity index (χ1) is 13.4. The van der Waals surface area contributed by atoms with Gasteiger partial charge in [-0.25, -0.2) is 4.98 Å². The van der Waals surface area contributed by atoms with Gasteiger partial charge in [-0.3, -0.25) is 4.79 Å². The molecule has 2 aliphatic heterocycles. The van der Waals surface area contributed by atoms with Gasteiger partial charge in [0.1, 0.15) is 0 Å². The van der Waals surface area contributed by atoms with E-state index in [4.69, 9.17) is 0 Å². The quantitative estimate of drug-likeness (QED) is 0.662. The number of carboxylic acid groups (broad SMARTS) is 2. The zero-order valence-electron chi connectivity index (χ0n) is 15.0. The van der Waals surface area contributed by atoms with Crippen molar-refractivity contribution in [3.05, 3.63) is 41.4 Å². The zero-order valence-corrected chi connectivity index (χ0v) is 15.8. The number of carbonyl (C=O) groups is 3. The van der Waals surface area contributed by atoms with Crippen LogP contribution in [-0.4, -0.2) is 53.4 Å². The first-order valence-corrected chi connectivity index (χ1v) is 9.75. The minimum atomic E-state index is -1.55. The molecular weight excluding hydrogens is 382 g/mol. The molecule has 8 nitrogen and oxygen atoms in total. The summed E-state index contributed by atoms with van der Waals surface area (Å²) in [5, 5.41) is 22.0. The van der Waals surface area contributed by atoms with E-state index in [0.717, 1.165) is 34.7 Å². The van der Waals surface area contributed by atoms with Gasteiger partial charge in [0.2, 0.25) is 0 Å². The Kier molecular flexibility index (Phi) is 6.37. The lowest BCUT2D eigenvalue weighted by Gasteiger charge is -2.30. The van der Waals surface area contributed by atoms with E-state index in [9.17, 15) is 24.6 Å². The third-order valence-corrected chi connectivity index (χ3v) is 5.54. The number of amides is 1. The van der Waals surface area contributed by atoms with E-state index in [1.807, 2.05) is 23.7 Å². The smallest absolute Gasteiger partial charge is 0.251 e. The van der Waals surface area contributed by atoms with Crippen molar-refractivity contribution < 1.29 is 24.6 Å². The third-order valence-electron chi connectivity index (χ3n) is 4.75. The third kappa shape index (κ3) is 5.37. The average Bonchev–Trinajstić information content (AvgIpc) is 3.25. The molecule has 1 N–H and O–H groups in total. The van der Waals surface area contributed by atoms with E-state index in [1.165, 1.54) is 19.5 Å². The monoisotopic (exact) mass is 401 g/mol. The number of aliphatic carboxylic acids is 2.